The Hall–Kier alpha value is -3.14. The molecule has 0 heterocycles. The van der Waals surface area contributed by atoms with Gasteiger partial charge in [-0.25, -0.2) is 0 Å². The minimum absolute atomic E-state index is 0.143. The highest BCUT2D eigenvalue weighted by Crippen LogP contribution is 2.26. The van der Waals surface area contributed by atoms with E-state index in [2.05, 4.69) is 29.6 Å². The summed E-state index contributed by atoms with van der Waals surface area (Å²) in [4.78, 5) is 24.0. The molecule has 3 rings (SSSR count). The molecule has 0 spiro atoms. The quantitative estimate of drug-likeness (QED) is 0.458. The highest BCUT2D eigenvalue weighted by atomic mass is 16.5. The van der Waals surface area contributed by atoms with Crippen LogP contribution in [0, 0.1) is 0 Å². The maximum atomic E-state index is 12.4. The van der Waals surface area contributed by atoms with Gasteiger partial charge in [0.15, 0.2) is 0 Å². The lowest BCUT2D eigenvalue weighted by Gasteiger charge is -2.20. The zero-order valence-corrected chi connectivity index (χ0v) is 15.4. The number of fused-ring (bicyclic) bond motifs is 1. The van der Waals surface area contributed by atoms with Crippen LogP contribution in [0.2, 0.25) is 0 Å². The number of esters is 1. The average molecular weight is 361 g/mol. The van der Waals surface area contributed by atoms with Crippen molar-refractivity contribution in [2.24, 2.45) is 0 Å². The highest BCUT2D eigenvalue weighted by Gasteiger charge is 2.19. The first-order valence-corrected chi connectivity index (χ1v) is 9.13. The topological polar surface area (TPSA) is 55.4 Å². The van der Waals surface area contributed by atoms with E-state index in [9.17, 15) is 9.59 Å². The molecule has 1 N–H and O–H groups in total. The van der Waals surface area contributed by atoms with E-state index in [-0.39, 0.29) is 31.3 Å². The molecule has 138 valence electrons. The maximum absolute atomic E-state index is 12.4. The molecular weight excluding hydrogens is 338 g/mol. The summed E-state index contributed by atoms with van der Waals surface area (Å²) in [5, 5.41) is 5.75. The van der Waals surface area contributed by atoms with Gasteiger partial charge in [-0.05, 0) is 35.4 Å². The Balaban J connectivity index is 1.79. The molecule has 27 heavy (non-hydrogen) atoms. The Bertz CT molecular complexity index is 921. The van der Waals surface area contributed by atoms with Crippen LogP contribution < -0.4 is 5.32 Å². The fourth-order valence-corrected chi connectivity index (χ4v) is 3.09. The Morgan fingerprint density at radius 1 is 0.926 bits per heavy atom. The number of carbonyl (C=O) groups excluding carboxylic acids is 2. The van der Waals surface area contributed by atoms with Crippen LogP contribution in [0.5, 0.6) is 0 Å². The number of Topliss-reactive ketones (excluding diaryl/α,β-unsaturated/α-hetero) is 1. The number of nitrogens with one attached hydrogen (secondary N) is 1. The number of carbonyl (C=O) groups is 2. The van der Waals surface area contributed by atoms with Gasteiger partial charge in [0.05, 0.1) is 12.6 Å². The molecular formula is C23H23NO3. The molecule has 4 heteroatoms. The molecule has 1 atom stereocenters. The lowest BCUT2D eigenvalue weighted by atomic mass is 9.99. The summed E-state index contributed by atoms with van der Waals surface area (Å²) >= 11 is 0. The molecule has 0 aliphatic rings. The molecule has 0 aliphatic carbocycles. The van der Waals surface area contributed by atoms with Gasteiger partial charge in [-0.15, -0.1) is 0 Å². The zero-order valence-electron chi connectivity index (χ0n) is 15.4. The van der Waals surface area contributed by atoms with Crippen LogP contribution in [0.25, 0.3) is 10.8 Å². The van der Waals surface area contributed by atoms with Crippen molar-refractivity contribution in [1.82, 2.24) is 0 Å². The second-order valence-corrected chi connectivity index (χ2v) is 6.39. The summed E-state index contributed by atoms with van der Waals surface area (Å²) in [5.41, 5.74) is 1.94. The van der Waals surface area contributed by atoms with Crippen LogP contribution >= 0.6 is 0 Å². The summed E-state index contributed by atoms with van der Waals surface area (Å²) in [6.45, 7) is 2.01. The van der Waals surface area contributed by atoms with E-state index in [1.807, 2.05) is 48.5 Å². The van der Waals surface area contributed by atoms with E-state index < -0.39 is 5.97 Å². The minimum Gasteiger partial charge on any atom is -0.466 e. The largest absolute Gasteiger partial charge is 0.466 e. The van der Waals surface area contributed by atoms with Gasteiger partial charge in [0.1, 0.15) is 12.2 Å². The Morgan fingerprint density at radius 3 is 2.37 bits per heavy atom. The van der Waals surface area contributed by atoms with Crippen molar-refractivity contribution in [3.8, 4) is 0 Å². The third-order valence-electron chi connectivity index (χ3n) is 4.37. The fraction of sp³-hybridized carbons (Fsp3) is 0.217. The van der Waals surface area contributed by atoms with E-state index in [1.165, 1.54) is 0 Å². The lowest BCUT2D eigenvalue weighted by molar-refractivity contribution is -0.145. The molecule has 0 aromatic heterocycles. The van der Waals surface area contributed by atoms with Gasteiger partial charge in [-0.3, -0.25) is 9.59 Å². The van der Waals surface area contributed by atoms with E-state index >= 15 is 0 Å². The van der Waals surface area contributed by atoms with E-state index in [1.54, 1.807) is 6.92 Å². The van der Waals surface area contributed by atoms with E-state index in [4.69, 9.17) is 4.74 Å². The Kier molecular flexibility index (Phi) is 6.21. The SMILES string of the molecule is CCOC(=O)CC(=O)CC(Nc1ccc2ccccc2c1)c1ccccc1. The summed E-state index contributed by atoms with van der Waals surface area (Å²) in [7, 11) is 0. The molecule has 3 aromatic carbocycles. The predicted octanol–water partition coefficient (Wildman–Crippen LogP) is 4.91. The van der Waals surface area contributed by atoms with Gasteiger partial charge in [0.2, 0.25) is 0 Å². The monoisotopic (exact) mass is 361 g/mol. The van der Waals surface area contributed by atoms with Gasteiger partial charge >= 0.3 is 5.97 Å². The third kappa shape index (κ3) is 5.17. The molecule has 3 aromatic rings. The smallest absolute Gasteiger partial charge is 0.313 e. The van der Waals surface area contributed by atoms with Crippen LogP contribution in [0.1, 0.15) is 31.4 Å². The van der Waals surface area contributed by atoms with Crippen LogP contribution in [-0.2, 0) is 14.3 Å². The molecule has 0 saturated heterocycles. The number of hydrogen-bond donors (Lipinski definition) is 1. The Morgan fingerprint density at radius 2 is 1.63 bits per heavy atom. The van der Waals surface area contributed by atoms with Crippen molar-refractivity contribution in [3.05, 3.63) is 78.4 Å². The van der Waals surface area contributed by atoms with Crippen LogP contribution in [0.3, 0.4) is 0 Å². The van der Waals surface area contributed by atoms with Gasteiger partial charge < -0.3 is 10.1 Å². The first kappa shape index (κ1) is 18.6. The van der Waals surface area contributed by atoms with Gasteiger partial charge in [0.25, 0.3) is 0 Å². The lowest BCUT2D eigenvalue weighted by Crippen LogP contribution is -2.18. The van der Waals surface area contributed by atoms with Crippen molar-refractivity contribution < 1.29 is 14.3 Å². The first-order valence-electron chi connectivity index (χ1n) is 9.13. The number of rotatable bonds is 8. The summed E-state index contributed by atoms with van der Waals surface area (Å²) in [6.07, 6.45) is 0.0201. The van der Waals surface area contributed by atoms with Crippen molar-refractivity contribution in [3.63, 3.8) is 0 Å². The molecule has 4 nitrogen and oxygen atoms in total. The summed E-state index contributed by atoms with van der Waals surface area (Å²) in [5.74, 6) is -0.615. The molecule has 0 radical (unpaired) electrons. The molecule has 0 saturated carbocycles. The number of benzene rings is 3. The number of hydrogen-bond acceptors (Lipinski definition) is 4. The second-order valence-electron chi connectivity index (χ2n) is 6.39. The van der Waals surface area contributed by atoms with Crippen molar-refractivity contribution in [2.45, 2.75) is 25.8 Å². The number of ether oxygens (including phenoxy) is 1. The van der Waals surface area contributed by atoms with Crippen LogP contribution in [0.15, 0.2) is 72.8 Å². The van der Waals surface area contributed by atoms with Crippen molar-refractivity contribution in [1.29, 1.82) is 0 Å². The van der Waals surface area contributed by atoms with Crippen LogP contribution in [-0.4, -0.2) is 18.4 Å². The fourth-order valence-electron chi connectivity index (χ4n) is 3.09. The third-order valence-corrected chi connectivity index (χ3v) is 4.37. The van der Waals surface area contributed by atoms with E-state index in [0.717, 1.165) is 22.0 Å². The zero-order chi connectivity index (χ0) is 19.1. The van der Waals surface area contributed by atoms with E-state index in [0.29, 0.717) is 0 Å². The van der Waals surface area contributed by atoms with Gasteiger partial charge in [-0.2, -0.15) is 0 Å². The summed E-state index contributed by atoms with van der Waals surface area (Å²) in [6, 6.07) is 23.9. The van der Waals surface area contributed by atoms with Crippen molar-refractivity contribution >= 4 is 28.2 Å². The number of ketones is 1. The molecule has 0 bridgehead atoms. The normalized spacial score (nSPS) is 11.7. The van der Waals surface area contributed by atoms with Crippen molar-refractivity contribution in [2.75, 3.05) is 11.9 Å². The molecule has 0 aliphatic heterocycles. The van der Waals surface area contributed by atoms with Crippen LogP contribution in [0.4, 0.5) is 5.69 Å². The highest BCUT2D eigenvalue weighted by molar-refractivity contribution is 5.96. The standard InChI is InChI=1S/C23H23NO3/c1-2-27-23(26)16-21(25)15-22(18-9-4-3-5-10-18)24-20-13-12-17-8-6-7-11-19(17)14-20/h3-14,22,24H,2,15-16H2,1H3. The second kappa shape index (κ2) is 8.99. The number of anilines is 1. The first-order chi connectivity index (χ1) is 13.2. The average Bonchev–Trinajstić information content (AvgIpc) is 2.68. The molecule has 0 amide bonds. The molecule has 0 fully saturated rings. The summed E-state index contributed by atoms with van der Waals surface area (Å²) < 4.78 is 4.89. The maximum Gasteiger partial charge on any atom is 0.313 e. The Labute approximate surface area is 159 Å². The predicted molar refractivity (Wildman–Crippen MR) is 108 cm³/mol. The van der Waals surface area contributed by atoms with Gasteiger partial charge in [-0.1, -0.05) is 60.7 Å². The van der Waals surface area contributed by atoms with Gasteiger partial charge in [0, 0.05) is 12.1 Å². The molecule has 1 unspecified atom stereocenters. The minimum atomic E-state index is -0.472.